The number of halogens is 2. The van der Waals surface area contributed by atoms with Gasteiger partial charge >= 0.3 is 0 Å². The van der Waals surface area contributed by atoms with Gasteiger partial charge < -0.3 is 5.73 Å². The fraction of sp³-hybridized carbons (Fsp3) is 0.263. The van der Waals surface area contributed by atoms with E-state index < -0.39 is 5.83 Å². The number of hydrogen-bond donors (Lipinski definition) is 1. The average Bonchev–Trinajstić information content (AvgIpc) is 3.31. The maximum absolute atomic E-state index is 14.4. The molecule has 0 saturated heterocycles. The molecular weight excluding hydrogens is 368 g/mol. The average molecular weight is 385 g/mol. The van der Waals surface area contributed by atoms with Crippen LogP contribution in [0, 0.1) is 23.1 Å². The second kappa shape index (κ2) is 7.84. The first-order valence-corrected chi connectivity index (χ1v) is 9.10. The van der Waals surface area contributed by atoms with Crippen molar-refractivity contribution < 1.29 is 8.78 Å². The molecule has 1 aromatic carbocycles. The third-order valence-corrected chi connectivity index (χ3v) is 5.88. The van der Waals surface area contributed by atoms with Crippen molar-refractivity contribution >= 4 is 28.8 Å². The maximum Gasteiger partial charge on any atom is 0.158 e. The third kappa shape index (κ3) is 4.14. The van der Waals surface area contributed by atoms with Crippen LogP contribution in [0.5, 0.6) is 0 Å². The van der Waals surface area contributed by atoms with Gasteiger partial charge in [-0.15, -0.1) is 0 Å². The summed E-state index contributed by atoms with van der Waals surface area (Å²) in [7, 11) is 1.62. The van der Waals surface area contributed by atoms with E-state index in [0.29, 0.717) is 16.3 Å². The van der Waals surface area contributed by atoms with Gasteiger partial charge in [0.2, 0.25) is 0 Å². The molecule has 0 bridgehead atoms. The van der Waals surface area contributed by atoms with Gasteiger partial charge in [-0.1, -0.05) is 24.8 Å². The predicted octanol–water partition coefficient (Wildman–Crippen LogP) is 3.73. The number of nitriles is 1. The summed E-state index contributed by atoms with van der Waals surface area (Å²) >= 11 is 1.43. The number of hydrogen-bond acceptors (Lipinski definition) is 5. The fourth-order valence-corrected chi connectivity index (χ4v) is 4.11. The SMILES string of the molecule is CN=C(N)SC1C(c2cc(/C=C(\F)c3cnc(C#N)cn3)ccc2F)[C@@H]1C. The zero-order valence-corrected chi connectivity index (χ0v) is 15.5. The van der Waals surface area contributed by atoms with E-state index in [1.165, 1.54) is 42.4 Å². The Morgan fingerprint density at radius 1 is 1.37 bits per heavy atom. The lowest BCUT2D eigenvalue weighted by Gasteiger charge is -2.05. The van der Waals surface area contributed by atoms with Crippen LogP contribution in [0.3, 0.4) is 0 Å². The summed E-state index contributed by atoms with van der Waals surface area (Å²) in [6, 6.07) is 6.31. The van der Waals surface area contributed by atoms with Gasteiger partial charge in [0.15, 0.2) is 16.7 Å². The van der Waals surface area contributed by atoms with Crippen LogP contribution < -0.4 is 5.73 Å². The summed E-state index contributed by atoms with van der Waals surface area (Å²) in [5.74, 6) is -0.681. The van der Waals surface area contributed by atoms with Crippen LogP contribution in [0.25, 0.3) is 11.9 Å². The van der Waals surface area contributed by atoms with Crippen molar-refractivity contribution in [1.29, 1.82) is 5.26 Å². The van der Waals surface area contributed by atoms with E-state index >= 15 is 0 Å². The van der Waals surface area contributed by atoms with Gasteiger partial charge in [0.1, 0.15) is 17.6 Å². The lowest BCUT2D eigenvalue weighted by Crippen LogP contribution is -2.07. The highest BCUT2D eigenvalue weighted by atomic mass is 32.2. The Balaban J connectivity index is 1.84. The van der Waals surface area contributed by atoms with E-state index in [-0.39, 0.29) is 34.3 Å². The molecule has 5 nitrogen and oxygen atoms in total. The number of rotatable bonds is 4. The van der Waals surface area contributed by atoms with Crippen LogP contribution >= 0.6 is 11.8 Å². The van der Waals surface area contributed by atoms with Crippen LogP contribution in [-0.2, 0) is 0 Å². The number of nitrogens with zero attached hydrogens (tertiary/aromatic N) is 4. The number of amidine groups is 1. The summed E-state index contributed by atoms with van der Waals surface area (Å²) < 4.78 is 28.8. The number of aromatic nitrogens is 2. The first-order valence-electron chi connectivity index (χ1n) is 8.22. The normalized spacial score (nSPS) is 22.4. The van der Waals surface area contributed by atoms with E-state index in [2.05, 4.69) is 15.0 Å². The molecule has 1 saturated carbocycles. The monoisotopic (exact) mass is 385 g/mol. The first kappa shape index (κ1) is 19.0. The van der Waals surface area contributed by atoms with Gasteiger partial charge in [-0.3, -0.25) is 4.99 Å². The van der Waals surface area contributed by atoms with E-state index in [0.717, 1.165) is 0 Å². The zero-order chi connectivity index (χ0) is 19.6. The quantitative estimate of drug-likeness (QED) is 0.640. The number of benzene rings is 1. The molecule has 1 aliphatic carbocycles. The Kier molecular flexibility index (Phi) is 5.51. The molecule has 2 N–H and O–H groups in total. The minimum Gasteiger partial charge on any atom is -0.379 e. The highest BCUT2D eigenvalue weighted by Crippen LogP contribution is 2.55. The second-order valence-electron chi connectivity index (χ2n) is 6.20. The Morgan fingerprint density at radius 3 is 2.78 bits per heavy atom. The van der Waals surface area contributed by atoms with Crippen molar-refractivity contribution in [2.24, 2.45) is 16.6 Å². The van der Waals surface area contributed by atoms with Crippen LogP contribution in [-0.4, -0.2) is 27.4 Å². The van der Waals surface area contributed by atoms with Crippen molar-refractivity contribution in [3.63, 3.8) is 0 Å². The van der Waals surface area contributed by atoms with Crippen molar-refractivity contribution in [3.05, 3.63) is 58.9 Å². The minimum absolute atomic E-state index is 0.00131. The van der Waals surface area contributed by atoms with E-state index in [4.69, 9.17) is 11.0 Å². The highest BCUT2D eigenvalue weighted by molar-refractivity contribution is 8.14. The molecule has 1 heterocycles. The topological polar surface area (TPSA) is 88.0 Å². The molecule has 27 heavy (non-hydrogen) atoms. The molecule has 0 radical (unpaired) electrons. The largest absolute Gasteiger partial charge is 0.379 e. The Bertz CT molecular complexity index is 950. The molecule has 0 amide bonds. The number of aliphatic imine (C=N–C) groups is 1. The molecule has 1 fully saturated rings. The molecule has 8 heteroatoms. The molecule has 0 aliphatic heterocycles. The first-order chi connectivity index (χ1) is 12.9. The van der Waals surface area contributed by atoms with Gasteiger partial charge in [0.05, 0.1) is 12.4 Å². The summed E-state index contributed by atoms with van der Waals surface area (Å²) in [6.45, 7) is 2.03. The zero-order valence-electron chi connectivity index (χ0n) is 14.7. The number of nitrogens with two attached hydrogens (primary N) is 1. The van der Waals surface area contributed by atoms with Crippen LogP contribution in [0.1, 0.15) is 35.4 Å². The summed E-state index contributed by atoms with van der Waals surface area (Å²) in [4.78, 5) is 11.6. The fourth-order valence-electron chi connectivity index (χ4n) is 2.90. The third-order valence-electron chi connectivity index (χ3n) is 4.46. The Hall–Kier alpha value is -2.79. The van der Waals surface area contributed by atoms with Gasteiger partial charge in [0, 0.05) is 18.2 Å². The van der Waals surface area contributed by atoms with Crippen molar-refractivity contribution in [3.8, 4) is 6.07 Å². The van der Waals surface area contributed by atoms with Gasteiger partial charge in [0.25, 0.3) is 0 Å². The predicted molar refractivity (Wildman–Crippen MR) is 103 cm³/mol. The molecule has 1 aliphatic rings. The number of thioether (sulfide) groups is 1. The second-order valence-corrected chi connectivity index (χ2v) is 7.40. The molecule has 2 unspecified atom stereocenters. The Morgan fingerprint density at radius 2 is 2.15 bits per heavy atom. The standard InChI is InChI=1S/C19H17F2N5S/c1-10-17(18(10)27-19(23)24-2)13-5-11(3-4-14(13)20)6-15(21)16-9-25-12(7-22)8-26-16/h3-6,8-10,17-18H,1-2H3,(H2,23,24)/b15-6-/t10-,17?,18?/m0/s1. The van der Waals surface area contributed by atoms with E-state index in [9.17, 15) is 8.78 Å². The molecule has 3 rings (SSSR count). The van der Waals surface area contributed by atoms with Gasteiger partial charge in [-0.25, -0.2) is 18.7 Å². The molecular formula is C19H17F2N5S. The maximum atomic E-state index is 14.4. The van der Waals surface area contributed by atoms with E-state index in [1.54, 1.807) is 13.1 Å². The minimum atomic E-state index is -0.610. The van der Waals surface area contributed by atoms with Gasteiger partial charge in [-0.05, 0) is 35.3 Å². The van der Waals surface area contributed by atoms with Crippen LogP contribution in [0.2, 0.25) is 0 Å². The van der Waals surface area contributed by atoms with Crippen molar-refractivity contribution in [2.45, 2.75) is 18.1 Å². The van der Waals surface area contributed by atoms with Crippen molar-refractivity contribution in [1.82, 2.24) is 9.97 Å². The van der Waals surface area contributed by atoms with Crippen LogP contribution in [0.15, 0.2) is 35.6 Å². The van der Waals surface area contributed by atoms with Crippen LogP contribution in [0.4, 0.5) is 8.78 Å². The lowest BCUT2D eigenvalue weighted by molar-refractivity contribution is 0.607. The smallest absolute Gasteiger partial charge is 0.158 e. The molecule has 3 atom stereocenters. The van der Waals surface area contributed by atoms with Gasteiger partial charge in [-0.2, -0.15) is 5.26 Å². The molecule has 1 aromatic heterocycles. The van der Waals surface area contributed by atoms with E-state index in [1.807, 2.05) is 13.0 Å². The molecule has 138 valence electrons. The summed E-state index contributed by atoms with van der Waals surface area (Å²) in [5.41, 5.74) is 6.95. The highest BCUT2D eigenvalue weighted by Gasteiger charge is 2.49. The Labute approximate surface area is 160 Å². The summed E-state index contributed by atoms with van der Waals surface area (Å²) in [6.07, 6.45) is 3.67. The van der Waals surface area contributed by atoms with Crippen molar-refractivity contribution in [2.75, 3.05) is 7.05 Å². The summed E-state index contributed by atoms with van der Waals surface area (Å²) in [5, 5.41) is 9.34. The molecule has 0 spiro atoms. The lowest BCUT2D eigenvalue weighted by atomic mass is 10.0. The molecule has 2 aromatic rings.